The fourth-order valence-electron chi connectivity index (χ4n) is 1.83. The number of benzene rings is 1. The maximum absolute atomic E-state index is 12.1. The molecule has 0 bridgehead atoms. The molecular weight excluding hydrogens is 290 g/mol. The molecule has 5 nitrogen and oxygen atoms in total. The van der Waals surface area contributed by atoms with E-state index in [4.69, 9.17) is 10.5 Å². The molecule has 0 fully saturated rings. The van der Waals surface area contributed by atoms with Gasteiger partial charge in [-0.2, -0.15) is 0 Å². The van der Waals surface area contributed by atoms with E-state index in [9.17, 15) is 15.0 Å². The van der Waals surface area contributed by atoms with Crippen molar-refractivity contribution in [3.8, 4) is 0 Å². The van der Waals surface area contributed by atoms with Gasteiger partial charge in [0.15, 0.2) is 5.72 Å². The van der Waals surface area contributed by atoms with Gasteiger partial charge in [-0.1, -0.05) is 12.1 Å². The molecule has 0 aromatic heterocycles. The van der Waals surface area contributed by atoms with E-state index in [2.05, 4.69) is 0 Å². The Hall–Kier alpha value is -1.08. The number of hydrogen-bond donors (Lipinski definition) is 3. The largest absolute Gasteiger partial charge is 0.460 e. The Morgan fingerprint density at radius 3 is 2.24 bits per heavy atom. The van der Waals surface area contributed by atoms with Crippen LogP contribution in [0.5, 0.6) is 0 Å². The van der Waals surface area contributed by atoms with Gasteiger partial charge in [0.25, 0.3) is 0 Å². The zero-order valence-corrected chi connectivity index (χ0v) is 13.6. The average molecular weight is 313 g/mol. The second-order valence-electron chi connectivity index (χ2n) is 5.82. The highest BCUT2D eigenvalue weighted by Crippen LogP contribution is 2.28. The molecule has 21 heavy (non-hydrogen) atoms. The first kappa shape index (κ1) is 18.0. The first-order valence-electron chi connectivity index (χ1n) is 6.61. The van der Waals surface area contributed by atoms with E-state index in [0.29, 0.717) is 5.56 Å². The van der Waals surface area contributed by atoms with Crippen LogP contribution in [0.4, 0.5) is 0 Å². The van der Waals surface area contributed by atoms with Gasteiger partial charge in [0.05, 0.1) is 6.61 Å². The van der Waals surface area contributed by atoms with Crippen molar-refractivity contribution in [2.75, 3.05) is 12.9 Å². The zero-order valence-electron chi connectivity index (χ0n) is 12.8. The van der Waals surface area contributed by atoms with Gasteiger partial charge in [0.1, 0.15) is 11.5 Å². The molecule has 0 saturated carbocycles. The van der Waals surface area contributed by atoms with Crippen molar-refractivity contribution in [3.05, 3.63) is 29.8 Å². The van der Waals surface area contributed by atoms with Gasteiger partial charge < -0.3 is 14.9 Å². The smallest absolute Gasteiger partial charge is 0.316 e. The number of esters is 1. The second kappa shape index (κ2) is 6.79. The van der Waals surface area contributed by atoms with Crippen LogP contribution in [-0.4, -0.2) is 34.6 Å². The third-order valence-electron chi connectivity index (χ3n) is 2.96. The third kappa shape index (κ3) is 4.71. The summed E-state index contributed by atoms with van der Waals surface area (Å²) in [5.74, 6) is -1.99. The number of rotatable bonds is 5. The Bertz CT molecular complexity index is 479. The van der Waals surface area contributed by atoms with Crippen LogP contribution in [0, 0.1) is 5.92 Å². The molecule has 0 spiro atoms. The summed E-state index contributed by atoms with van der Waals surface area (Å²) in [5, 5.41) is 19.9. The normalized spacial score (nSPS) is 16.1. The van der Waals surface area contributed by atoms with Crippen LogP contribution < -0.4 is 5.73 Å². The molecule has 2 atom stereocenters. The second-order valence-corrected chi connectivity index (χ2v) is 6.70. The van der Waals surface area contributed by atoms with E-state index in [-0.39, 0.29) is 0 Å². The number of aliphatic hydroxyl groups excluding tert-OH is 1. The van der Waals surface area contributed by atoms with Gasteiger partial charge in [-0.15, -0.1) is 11.8 Å². The van der Waals surface area contributed by atoms with Crippen LogP contribution in [0.25, 0.3) is 0 Å². The maximum Gasteiger partial charge on any atom is 0.316 e. The summed E-state index contributed by atoms with van der Waals surface area (Å²) in [4.78, 5) is 13.1. The number of nitrogens with two attached hydrogens (primary N) is 1. The predicted octanol–water partition coefficient (Wildman–Crippen LogP) is 1.46. The number of carbonyl (C=O) groups excluding carboxylic acids is 1. The lowest BCUT2D eigenvalue weighted by Gasteiger charge is -2.32. The summed E-state index contributed by atoms with van der Waals surface area (Å²) >= 11 is 1.55. The molecule has 4 N–H and O–H groups in total. The molecular formula is C15H23NO4S. The number of hydrogen-bond acceptors (Lipinski definition) is 6. The van der Waals surface area contributed by atoms with Crippen molar-refractivity contribution in [2.24, 2.45) is 11.7 Å². The summed E-state index contributed by atoms with van der Waals surface area (Å²) in [7, 11) is 0. The Morgan fingerprint density at radius 1 is 1.33 bits per heavy atom. The van der Waals surface area contributed by atoms with Crippen LogP contribution in [0.2, 0.25) is 0 Å². The Kier molecular flexibility index (Phi) is 5.81. The Balaban J connectivity index is 3.03. The van der Waals surface area contributed by atoms with Crippen LogP contribution in [0.3, 0.4) is 0 Å². The summed E-state index contributed by atoms with van der Waals surface area (Å²) in [6.07, 6.45) is 1.93. The average Bonchev–Trinajstić information content (AvgIpc) is 2.37. The highest BCUT2D eigenvalue weighted by Gasteiger charge is 2.41. The Morgan fingerprint density at radius 2 is 1.86 bits per heavy atom. The molecule has 0 aliphatic heterocycles. The number of thioether (sulfide) groups is 1. The lowest BCUT2D eigenvalue weighted by molar-refractivity contribution is -0.173. The van der Waals surface area contributed by atoms with Crippen molar-refractivity contribution >= 4 is 17.7 Å². The number of carbonyl (C=O) groups is 1. The Labute approximate surface area is 129 Å². The highest BCUT2D eigenvalue weighted by molar-refractivity contribution is 7.98. The topological polar surface area (TPSA) is 92.8 Å². The molecule has 0 amide bonds. The minimum absolute atomic E-state index is 0.352. The predicted molar refractivity (Wildman–Crippen MR) is 82.7 cm³/mol. The fraction of sp³-hybridized carbons (Fsp3) is 0.533. The SMILES string of the molecule is CSc1ccc([C@@](N)(O)[C@H](CO)C(=O)OC(C)(C)C)cc1. The molecule has 0 saturated heterocycles. The third-order valence-corrected chi connectivity index (χ3v) is 3.70. The van der Waals surface area contributed by atoms with E-state index in [0.717, 1.165) is 4.90 Å². The quantitative estimate of drug-likeness (QED) is 0.433. The maximum atomic E-state index is 12.1. The van der Waals surface area contributed by atoms with E-state index < -0.39 is 29.8 Å². The molecule has 0 aliphatic rings. The van der Waals surface area contributed by atoms with E-state index in [1.807, 2.05) is 6.26 Å². The number of aliphatic hydroxyl groups is 2. The van der Waals surface area contributed by atoms with Crippen molar-refractivity contribution in [2.45, 2.75) is 37.0 Å². The van der Waals surface area contributed by atoms with E-state index >= 15 is 0 Å². The van der Waals surface area contributed by atoms with Crippen molar-refractivity contribution < 1.29 is 19.7 Å². The summed E-state index contributed by atoms with van der Waals surface area (Å²) in [5.41, 5.74) is 3.53. The van der Waals surface area contributed by atoms with Crippen LogP contribution in [0.1, 0.15) is 26.3 Å². The van der Waals surface area contributed by atoms with E-state index in [1.54, 1.807) is 56.8 Å². The van der Waals surface area contributed by atoms with Crippen molar-refractivity contribution in [1.29, 1.82) is 0 Å². The van der Waals surface area contributed by atoms with Crippen molar-refractivity contribution in [1.82, 2.24) is 0 Å². The van der Waals surface area contributed by atoms with Gasteiger partial charge in [-0.05, 0) is 44.7 Å². The monoisotopic (exact) mass is 313 g/mol. The lowest BCUT2D eigenvalue weighted by atomic mass is 9.90. The van der Waals surface area contributed by atoms with Crippen LogP contribution >= 0.6 is 11.8 Å². The molecule has 1 aromatic carbocycles. The standard InChI is InChI=1S/C15H23NO4S/c1-14(2,3)20-13(18)12(9-17)15(16,19)10-5-7-11(21-4)8-6-10/h5-8,12,17,19H,9,16H2,1-4H3/t12-,15-/m1/s1. The van der Waals surface area contributed by atoms with Crippen LogP contribution in [0.15, 0.2) is 29.2 Å². The molecule has 6 heteroatoms. The summed E-state index contributed by atoms with van der Waals surface area (Å²) in [6.45, 7) is 4.53. The van der Waals surface area contributed by atoms with Gasteiger partial charge in [-0.3, -0.25) is 10.5 Å². The minimum atomic E-state index is -1.99. The first-order chi connectivity index (χ1) is 9.61. The molecule has 0 radical (unpaired) electrons. The fourth-order valence-corrected chi connectivity index (χ4v) is 2.23. The molecule has 1 aromatic rings. The van der Waals surface area contributed by atoms with Gasteiger partial charge in [0, 0.05) is 4.90 Å². The molecule has 0 unspecified atom stereocenters. The number of ether oxygens (including phenoxy) is 1. The molecule has 0 heterocycles. The van der Waals surface area contributed by atoms with Gasteiger partial charge in [0.2, 0.25) is 0 Å². The molecule has 1 rings (SSSR count). The van der Waals surface area contributed by atoms with Crippen molar-refractivity contribution in [3.63, 3.8) is 0 Å². The van der Waals surface area contributed by atoms with E-state index in [1.165, 1.54) is 0 Å². The van der Waals surface area contributed by atoms with Gasteiger partial charge in [-0.25, -0.2) is 0 Å². The lowest BCUT2D eigenvalue weighted by Crippen LogP contribution is -2.50. The minimum Gasteiger partial charge on any atom is -0.460 e. The highest BCUT2D eigenvalue weighted by atomic mass is 32.2. The molecule has 0 aliphatic carbocycles. The zero-order chi connectivity index (χ0) is 16.3. The summed E-state index contributed by atoms with van der Waals surface area (Å²) < 4.78 is 5.20. The van der Waals surface area contributed by atoms with Gasteiger partial charge >= 0.3 is 5.97 Å². The molecule has 118 valence electrons. The first-order valence-corrected chi connectivity index (χ1v) is 7.83. The van der Waals surface area contributed by atoms with Crippen LogP contribution in [-0.2, 0) is 15.3 Å². The summed E-state index contributed by atoms with van der Waals surface area (Å²) in [6, 6.07) is 6.86.